The Kier molecular flexibility index (Phi) is 11.5. The predicted molar refractivity (Wildman–Crippen MR) is 287 cm³/mol. The minimum absolute atomic E-state index is 0.795. The molecule has 0 saturated heterocycles. The summed E-state index contributed by atoms with van der Waals surface area (Å²) in [5.41, 5.74) is 14.1. The lowest BCUT2D eigenvalue weighted by Gasteiger charge is -2.19. The van der Waals surface area contributed by atoms with E-state index >= 15 is 0 Å². The summed E-state index contributed by atoms with van der Waals surface area (Å²) in [6, 6.07) is 63.4. The first-order valence-electron chi connectivity index (χ1n) is 24.1. The van der Waals surface area contributed by atoms with E-state index in [4.69, 9.17) is 10.2 Å². The third kappa shape index (κ3) is 8.40. The van der Waals surface area contributed by atoms with Gasteiger partial charge in [0, 0.05) is 56.7 Å². The van der Waals surface area contributed by atoms with E-state index in [1.807, 2.05) is 95.2 Å². The number of hydrogen-bond donors (Lipinski definition) is 2. The Morgan fingerprint density at radius 1 is 0.357 bits per heavy atom. The number of aromatic amines is 2. The highest BCUT2D eigenvalue weighted by Gasteiger charge is 2.15. The van der Waals surface area contributed by atoms with Crippen LogP contribution in [0.5, 0.6) is 0 Å². The number of H-pyrrole nitrogens is 2. The quantitative estimate of drug-likeness (QED) is 0.0532. The maximum Gasteiger partial charge on any atom is 0.115 e. The molecule has 70 heavy (non-hydrogen) atoms. The van der Waals surface area contributed by atoms with Gasteiger partial charge in [-0.15, -0.1) is 0 Å². The molecule has 8 aromatic carbocycles. The van der Waals surface area contributed by atoms with Gasteiger partial charge < -0.3 is 9.13 Å². The molecule has 0 amide bonds. The van der Waals surface area contributed by atoms with E-state index in [9.17, 15) is 0 Å². The first-order chi connectivity index (χ1) is 34.7. The topological polar surface area (TPSA) is 124 Å². The fraction of sp³-hybridized carbons (Fsp3) is 0.138. The molecule has 0 spiro atoms. The van der Waals surface area contributed by atoms with Crippen molar-refractivity contribution in [2.24, 2.45) is 10.2 Å². The van der Waals surface area contributed by atoms with Crippen LogP contribution in [0.15, 0.2) is 192 Å². The van der Waals surface area contributed by atoms with Crippen LogP contribution in [0.1, 0.15) is 49.7 Å². The van der Waals surface area contributed by atoms with E-state index < -0.39 is 0 Å². The summed E-state index contributed by atoms with van der Waals surface area (Å²) < 4.78 is 5.01. The molecule has 2 N–H and O–H groups in total. The molecule has 0 radical (unpaired) electrons. The molecule has 4 aromatic heterocycles. The van der Waals surface area contributed by atoms with E-state index in [1.54, 1.807) is 0 Å². The van der Waals surface area contributed by atoms with Gasteiger partial charge in [-0.3, -0.25) is 0 Å². The average Bonchev–Trinajstić information content (AvgIpc) is 4.22. The number of nitrogens with zero attached hydrogens (tertiary/aromatic N) is 10. The molecule has 0 atom stereocenters. The number of hydrazone groups is 2. The average molecular weight is 915 g/mol. The monoisotopic (exact) mass is 914 g/mol. The molecule has 0 aliphatic rings. The minimum Gasteiger partial charge on any atom is -0.340 e. The third-order valence-corrected chi connectivity index (χ3v) is 13.3. The lowest BCUT2D eigenvalue weighted by Crippen LogP contribution is -2.09. The SMILES string of the molecule is C(=N\N(c1ccccc1)c1ccc2n[nH]nc2c1)/c1ccc2c(c1)c1ccccc1n2CCCCCCCCn1c2ccccc2c2cc(/C=N/N(c3ccccc3)c3ccc4n[nH]nc4c3)ccc21. The number of aromatic nitrogens is 8. The molecular weight excluding hydrogens is 865 g/mol. The van der Waals surface area contributed by atoms with Crippen molar-refractivity contribution in [3.63, 3.8) is 0 Å². The van der Waals surface area contributed by atoms with E-state index in [0.717, 1.165) is 81.9 Å². The summed E-state index contributed by atoms with van der Waals surface area (Å²) in [6.07, 6.45) is 11.0. The molecule has 0 unspecified atom stereocenters. The lowest BCUT2D eigenvalue weighted by atomic mass is 10.1. The van der Waals surface area contributed by atoms with E-state index in [2.05, 4.69) is 149 Å². The Morgan fingerprint density at radius 3 is 1.23 bits per heavy atom. The van der Waals surface area contributed by atoms with Crippen LogP contribution >= 0.6 is 0 Å². The van der Waals surface area contributed by atoms with Crippen LogP contribution in [0.2, 0.25) is 0 Å². The largest absolute Gasteiger partial charge is 0.340 e. The van der Waals surface area contributed by atoms with Gasteiger partial charge in [-0.25, -0.2) is 10.0 Å². The van der Waals surface area contributed by atoms with Gasteiger partial charge in [0.25, 0.3) is 0 Å². The predicted octanol–water partition coefficient (Wildman–Crippen LogP) is 13.8. The highest BCUT2D eigenvalue weighted by Crippen LogP contribution is 2.34. The lowest BCUT2D eigenvalue weighted by molar-refractivity contribution is 0.545. The number of anilines is 4. The molecule has 0 saturated carbocycles. The van der Waals surface area contributed by atoms with Crippen LogP contribution in [0.25, 0.3) is 65.7 Å². The number of rotatable bonds is 17. The molecular formula is C58H50N12. The van der Waals surface area contributed by atoms with Crippen molar-refractivity contribution >= 4 is 101 Å². The summed E-state index contributed by atoms with van der Waals surface area (Å²) in [4.78, 5) is 0. The Hall–Kier alpha value is -8.90. The molecule has 12 aromatic rings. The first-order valence-corrected chi connectivity index (χ1v) is 24.1. The molecule has 0 aliphatic heterocycles. The van der Waals surface area contributed by atoms with Crippen molar-refractivity contribution < 1.29 is 0 Å². The van der Waals surface area contributed by atoms with E-state index in [1.165, 1.54) is 69.3 Å². The normalized spacial score (nSPS) is 12.1. The molecule has 12 rings (SSSR count). The maximum atomic E-state index is 5.02. The summed E-state index contributed by atoms with van der Waals surface area (Å²) in [5.74, 6) is 0. The number of unbranched alkanes of at least 4 members (excludes halogenated alkanes) is 5. The van der Waals surface area contributed by atoms with Crippen LogP contribution in [0, 0.1) is 0 Å². The second-order valence-corrected chi connectivity index (χ2v) is 17.8. The van der Waals surface area contributed by atoms with E-state index in [-0.39, 0.29) is 0 Å². The first kappa shape index (κ1) is 42.5. The van der Waals surface area contributed by atoms with Gasteiger partial charge >= 0.3 is 0 Å². The summed E-state index contributed by atoms with van der Waals surface area (Å²) in [6.45, 7) is 1.97. The second-order valence-electron chi connectivity index (χ2n) is 17.8. The van der Waals surface area contributed by atoms with Crippen molar-refractivity contribution in [3.8, 4) is 0 Å². The van der Waals surface area contributed by atoms with Crippen LogP contribution in [0.3, 0.4) is 0 Å². The van der Waals surface area contributed by atoms with E-state index in [0.29, 0.717) is 0 Å². The Balaban J connectivity index is 0.691. The van der Waals surface area contributed by atoms with Gasteiger partial charge in [0.1, 0.15) is 22.1 Å². The maximum absolute atomic E-state index is 5.02. The van der Waals surface area contributed by atoms with Crippen molar-refractivity contribution in [3.05, 3.63) is 193 Å². The van der Waals surface area contributed by atoms with Gasteiger partial charge in [0.05, 0.1) is 35.2 Å². The zero-order valence-corrected chi connectivity index (χ0v) is 38.6. The van der Waals surface area contributed by atoms with Crippen molar-refractivity contribution in [1.82, 2.24) is 40.0 Å². The van der Waals surface area contributed by atoms with Crippen molar-refractivity contribution in [1.29, 1.82) is 0 Å². The molecule has 342 valence electrons. The van der Waals surface area contributed by atoms with Crippen LogP contribution < -0.4 is 10.0 Å². The van der Waals surface area contributed by atoms with Crippen molar-refractivity contribution in [2.75, 3.05) is 10.0 Å². The van der Waals surface area contributed by atoms with Gasteiger partial charge in [0.2, 0.25) is 0 Å². The summed E-state index contributed by atoms with van der Waals surface area (Å²) in [7, 11) is 0. The van der Waals surface area contributed by atoms with Gasteiger partial charge in [0.15, 0.2) is 0 Å². The zero-order valence-electron chi connectivity index (χ0n) is 38.6. The van der Waals surface area contributed by atoms with Gasteiger partial charge in [-0.1, -0.05) is 111 Å². The highest BCUT2D eigenvalue weighted by molar-refractivity contribution is 6.10. The molecule has 0 fully saturated rings. The van der Waals surface area contributed by atoms with Gasteiger partial charge in [-0.2, -0.15) is 41.0 Å². The molecule has 12 nitrogen and oxygen atoms in total. The number of para-hydroxylation sites is 4. The highest BCUT2D eigenvalue weighted by atomic mass is 15.5. The Labute approximate surface area is 404 Å². The number of aryl methyl sites for hydroxylation is 2. The summed E-state index contributed by atoms with van der Waals surface area (Å²) >= 11 is 0. The number of benzene rings is 8. The molecule has 4 heterocycles. The fourth-order valence-corrected chi connectivity index (χ4v) is 9.90. The fourth-order valence-electron chi connectivity index (χ4n) is 9.90. The summed E-state index contributed by atoms with van der Waals surface area (Å²) in [5, 5.41) is 41.5. The third-order valence-electron chi connectivity index (χ3n) is 13.3. The second kappa shape index (κ2) is 19.0. The molecule has 12 heteroatoms. The van der Waals surface area contributed by atoms with Crippen molar-refractivity contribution in [2.45, 2.75) is 51.6 Å². The minimum atomic E-state index is 0.795. The molecule has 0 bridgehead atoms. The standard InChI is InChI=1S/C58H50N12/c1(3-15-33-67-55-23-13-11-21-47(55)49-35-41(25-31-57(49)67)39-59-69(43-17-7-5-8-18-43)45-27-29-51-53(37-45)63-65-61-51)2-4-16-34-68-56-24-14-12-22-48(56)50-36-42(26-32-58(50)68)40-60-70(44-19-9-6-10-20-44)46-28-30-52-54(38-46)64-66-62-52/h5-14,17-32,35-40H,1-4,15-16,33-34H2,(H,61,63,65)(H,62,64,66)/b59-39+,60-40+. The Bertz CT molecular complexity index is 3570. The smallest absolute Gasteiger partial charge is 0.115 e. The molecule has 0 aliphatic carbocycles. The number of fused-ring (bicyclic) bond motifs is 8. The zero-order chi connectivity index (χ0) is 46.6. The van der Waals surface area contributed by atoms with Gasteiger partial charge in [-0.05, 0) is 121 Å². The number of nitrogens with one attached hydrogen (secondary N) is 2. The van der Waals surface area contributed by atoms with Crippen LogP contribution in [-0.2, 0) is 13.1 Å². The Morgan fingerprint density at radius 2 is 0.757 bits per heavy atom. The van der Waals surface area contributed by atoms with Crippen LogP contribution in [0.4, 0.5) is 22.7 Å². The van der Waals surface area contributed by atoms with Crippen LogP contribution in [-0.4, -0.2) is 52.4 Å². The number of hydrogen-bond acceptors (Lipinski definition) is 8.